The molecule has 3 unspecified atom stereocenters. The maximum absolute atomic E-state index is 13.7. The number of piperidine rings is 1. The lowest BCUT2D eigenvalue weighted by Crippen LogP contribution is -2.54. The molecule has 3 atom stereocenters. The molecule has 2 aromatic carbocycles. The Bertz CT molecular complexity index is 2160. The van der Waals surface area contributed by atoms with Crippen LogP contribution in [0.2, 0.25) is 0 Å². The third-order valence-corrected chi connectivity index (χ3v) is 13.0. The molecule has 4 N–H and O–H groups in total. The van der Waals surface area contributed by atoms with Crippen LogP contribution in [0.25, 0.3) is 11.6 Å². The average Bonchev–Trinajstić information content (AvgIpc) is 3.94. The van der Waals surface area contributed by atoms with Crippen LogP contribution in [0.1, 0.15) is 99.3 Å². The first kappa shape index (κ1) is 44.6. The number of aliphatic hydroxyl groups excluding tert-OH is 3. The first-order chi connectivity index (χ1) is 29.7. The van der Waals surface area contributed by atoms with E-state index in [2.05, 4.69) is 9.89 Å². The van der Waals surface area contributed by atoms with Gasteiger partial charge in [-0.25, -0.2) is 4.79 Å². The lowest BCUT2D eigenvalue weighted by molar-refractivity contribution is -0.141. The van der Waals surface area contributed by atoms with Crippen LogP contribution < -0.4 is 24.8 Å². The molecular formula is C47H60N2O12. The second-order valence-corrected chi connectivity index (χ2v) is 16.6. The number of esters is 1. The van der Waals surface area contributed by atoms with E-state index in [1.807, 2.05) is 24.3 Å². The number of nitrogens with zero attached hydrogens (tertiary/aromatic N) is 2. The molecule has 0 spiro atoms. The molecule has 0 aromatic heterocycles. The van der Waals surface area contributed by atoms with Gasteiger partial charge in [0.15, 0.2) is 6.29 Å². The molecule has 61 heavy (non-hydrogen) atoms. The summed E-state index contributed by atoms with van der Waals surface area (Å²) in [5.74, 6) is -1.21. The third kappa shape index (κ3) is 9.07. The molecule has 5 aliphatic rings. The maximum Gasteiger partial charge on any atom is 0.375 e. The largest absolute Gasteiger partial charge is 0.492 e. The van der Waals surface area contributed by atoms with Gasteiger partial charge < -0.3 is 49.0 Å². The van der Waals surface area contributed by atoms with Crippen LogP contribution in [0.3, 0.4) is 0 Å². The van der Waals surface area contributed by atoms with E-state index >= 15 is 0 Å². The lowest BCUT2D eigenvalue weighted by Gasteiger charge is -2.44. The molecular weight excluding hydrogens is 785 g/mol. The molecule has 0 amide bonds. The van der Waals surface area contributed by atoms with Crippen LogP contribution in [-0.4, -0.2) is 121 Å². The zero-order valence-electron chi connectivity index (χ0n) is 35.4. The first-order valence-electron chi connectivity index (χ1n) is 21.9. The number of ketones is 1. The number of ether oxygens (including phenoxy) is 5. The van der Waals surface area contributed by atoms with E-state index in [1.54, 1.807) is 14.0 Å². The molecule has 4 aliphatic heterocycles. The van der Waals surface area contributed by atoms with Crippen molar-refractivity contribution in [2.24, 2.45) is 10.9 Å². The number of carbonyl (C=O) groups excluding carboxylic acids is 3. The van der Waals surface area contributed by atoms with Gasteiger partial charge in [-0.15, -0.1) is 0 Å². The highest BCUT2D eigenvalue weighted by Crippen LogP contribution is 2.57. The van der Waals surface area contributed by atoms with Crippen LogP contribution >= 0.6 is 0 Å². The molecule has 4 heterocycles. The smallest absolute Gasteiger partial charge is 0.375 e. The minimum atomic E-state index is -1.33. The Kier molecular flexibility index (Phi) is 14.7. The number of carbonyl (C=O) groups is 3. The van der Waals surface area contributed by atoms with Gasteiger partial charge in [0.05, 0.1) is 48.4 Å². The third-order valence-electron chi connectivity index (χ3n) is 13.0. The number of methoxy groups -OCH3 is 1. The summed E-state index contributed by atoms with van der Waals surface area (Å²) < 4.78 is 30.5. The van der Waals surface area contributed by atoms with E-state index in [-0.39, 0.29) is 92.2 Å². The van der Waals surface area contributed by atoms with Gasteiger partial charge in [-0.1, -0.05) is 17.7 Å². The van der Waals surface area contributed by atoms with Gasteiger partial charge in [0.1, 0.15) is 34.7 Å². The van der Waals surface area contributed by atoms with E-state index in [0.717, 1.165) is 60.6 Å². The van der Waals surface area contributed by atoms with E-state index in [0.29, 0.717) is 67.6 Å². The van der Waals surface area contributed by atoms with Gasteiger partial charge in [-0.3, -0.25) is 14.6 Å². The Balaban J connectivity index is 1.36. The topological polar surface area (TPSA) is 194 Å². The van der Waals surface area contributed by atoms with Crippen LogP contribution in [0.5, 0.6) is 17.2 Å². The molecule has 0 bridgehead atoms. The SMILES string of the molecule is CCOC(=O)C1=C(C=O)C(=C2CCC(=O)C(c3ccc4c(c3)=CCN=4)C2)c2c(OCCCO)c3c(c(CO)c2O1)OC(C(O)(CCCCO)C1CCN(CCCOC)CC1)C3. The van der Waals surface area contributed by atoms with Gasteiger partial charge in [-0.2, -0.15) is 0 Å². The molecule has 14 heteroatoms. The molecule has 0 radical (unpaired) electrons. The van der Waals surface area contributed by atoms with Gasteiger partial charge in [0, 0.05) is 69.8 Å². The van der Waals surface area contributed by atoms with Gasteiger partial charge >= 0.3 is 5.97 Å². The van der Waals surface area contributed by atoms with Crippen molar-refractivity contribution in [1.82, 2.24) is 4.90 Å². The number of Topliss-reactive ketones (excluding diaryl/α,β-unsaturated/α-hetero) is 1. The standard InChI is InChI=1S/C47H60N2O12/c1-3-58-46(55)45-35(27-52)40(31-9-11-38(54)33(25-31)29-8-10-37-30(24-29)12-16-48-37)41-43(59-23-7-21-51)34-26-39(60-42(34)36(28-53)44(41)61-45)47(56,15-4-5-20-50)32-13-18-49(19-14-32)17-6-22-57-2/h8,10,12,24,27,32-33,39,50-51,53,56H,3-7,9,11,13-23,25-26,28H2,1-2H3. The minimum Gasteiger partial charge on any atom is -0.492 e. The number of aldehydes is 1. The Morgan fingerprint density at radius 1 is 1.03 bits per heavy atom. The van der Waals surface area contributed by atoms with Gasteiger partial charge in [0.2, 0.25) is 5.76 Å². The number of unbranched alkanes of at least 4 members (excludes halogenated alkanes) is 1. The highest BCUT2D eigenvalue weighted by molar-refractivity contribution is 6.11. The fraction of sp³-hybridized carbons (Fsp3) is 0.574. The highest BCUT2D eigenvalue weighted by Gasteiger charge is 2.51. The Morgan fingerprint density at radius 2 is 1.84 bits per heavy atom. The van der Waals surface area contributed by atoms with Crippen LogP contribution in [-0.2, 0) is 36.9 Å². The predicted octanol–water partition coefficient (Wildman–Crippen LogP) is 3.00. The summed E-state index contributed by atoms with van der Waals surface area (Å²) in [6.07, 6.45) is 6.80. The second-order valence-electron chi connectivity index (χ2n) is 16.6. The molecule has 14 nitrogen and oxygen atoms in total. The lowest BCUT2D eigenvalue weighted by atomic mass is 9.72. The summed E-state index contributed by atoms with van der Waals surface area (Å²) in [7, 11) is 1.70. The van der Waals surface area contributed by atoms with Gasteiger partial charge in [0.25, 0.3) is 0 Å². The first-order valence-corrected chi connectivity index (χ1v) is 21.9. The monoisotopic (exact) mass is 844 g/mol. The zero-order chi connectivity index (χ0) is 43.1. The molecule has 330 valence electrons. The summed E-state index contributed by atoms with van der Waals surface area (Å²) in [6.45, 7) is 4.72. The number of hydrogen-bond donors (Lipinski definition) is 4. The van der Waals surface area contributed by atoms with Crippen LogP contribution in [0.4, 0.5) is 0 Å². The van der Waals surface area contributed by atoms with Crippen molar-refractivity contribution in [3.63, 3.8) is 0 Å². The van der Waals surface area contributed by atoms with Crippen molar-refractivity contribution in [3.8, 4) is 17.2 Å². The van der Waals surface area contributed by atoms with Crippen molar-refractivity contribution in [2.75, 3.05) is 66.3 Å². The van der Waals surface area contributed by atoms with E-state index in [4.69, 9.17) is 23.7 Å². The Labute approximate surface area is 356 Å². The number of likely N-dealkylation sites (tertiary alicyclic amines) is 1. The van der Waals surface area contributed by atoms with Crippen molar-refractivity contribution < 1.29 is 58.5 Å². The van der Waals surface area contributed by atoms with Crippen molar-refractivity contribution >= 4 is 29.7 Å². The van der Waals surface area contributed by atoms with Crippen LogP contribution in [0.15, 0.2) is 40.1 Å². The Morgan fingerprint density at radius 3 is 2.56 bits per heavy atom. The van der Waals surface area contributed by atoms with Crippen LogP contribution in [0, 0.1) is 5.92 Å². The normalized spacial score (nSPS) is 22.3. The highest BCUT2D eigenvalue weighted by atomic mass is 16.6. The quantitative estimate of drug-likeness (QED) is 0.0918. The molecule has 1 saturated carbocycles. The number of fused-ring (bicyclic) bond motifs is 3. The molecule has 1 aliphatic carbocycles. The summed E-state index contributed by atoms with van der Waals surface area (Å²) in [6, 6.07) is 5.83. The minimum absolute atomic E-state index is 0.00705. The van der Waals surface area contributed by atoms with E-state index in [9.17, 15) is 34.8 Å². The average molecular weight is 845 g/mol. The van der Waals surface area contributed by atoms with Crippen molar-refractivity contribution in [2.45, 2.75) is 102 Å². The van der Waals surface area contributed by atoms with Crippen molar-refractivity contribution in [3.05, 3.63) is 67.9 Å². The Hall–Kier alpha value is -4.44. The second kappa shape index (κ2) is 20.2. The fourth-order valence-corrected chi connectivity index (χ4v) is 9.90. The molecule has 2 aromatic rings. The molecule has 7 rings (SSSR count). The number of benzene rings is 2. The number of aliphatic hydroxyl groups is 4. The predicted molar refractivity (Wildman–Crippen MR) is 225 cm³/mol. The maximum atomic E-state index is 13.7. The van der Waals surface area contributed by atoms with Crippen molar-refractivity contribution in [1.29, 1.82) is 0 Å². The number of allylic oxidation sites excluding steroid dienone is 3. The van der Waals surface area contributed by atoms with Gasteiger partial charge in [-0.05, 0) is 100 Å². The summed E-state index contributed by atoms with van der Waals surface area (Å²) in [5.41, 5.74) is 1.68. The molecule has 2 fully saturated rings. The summed E-state index contributed by atoms with van der Waals surface area (Å²) >= 11 is 0. The fourth-order valence-electron chi connectivity index (χ4n) is 9.90. The van der Waals surface area contributed by atoms with E-state index in [1.165, 1.54) is 0 Å². The summed E-state index contributed by atoms with van der Waals surface area (Å²) in [5, 5.41) is 45.6. The zero-order valence-corrected chi connectivity index (χ0v) is 35.4. The molecule has 1 saturated heterocycles. The summed E-state index contributed by atoms with van der Waals surface area (Å²) in [4.78, 5) is 47.7. The number of hydrogen-bond acceptors (Lipinski definition) is 14. The number of rotatable bonds is 19. The van der Waals surface area contributed by atoms with E-state index < -0.39 is 30.2 Å².